The molecule has 3 heteroatoms. The van der Waals surface area contributed by atoms with Crippen LogP contribution in [0.4, 0.5) is 0 Å². The molecule has 0 heterocycles. The summed E-state index contributed by atoms with van der Waals surface area (Å²) in [5.74, 6) is 0. The Labute approximate surface area is 96.4 Å². The molecule has 0 fully saturated rings. The summed E-state index contributed by atoms with van der Waals surface area (Å²) in [6.45, 7) is 2.39. The van der Waals surface area contributed by atoms with Gasteiger partial charge in [-0.2, -0.15) is 0 Å². The van der Waals surface area contributed by atoms with E-state index in [4.69, 9.17) is 15.3 Å². The van der Waals surface area contributed by atoms with Crippen LogP contribution >= 0.6 is 0 Å². The number of benzene rings is 1. The van der Waals surface area contributed by atoms with Gasteiger partial charge in [-0.1, -0.05) is 12.1 Å². The van der Waals surface area contributed by atoms with Gasteiger partial charge in [0.25, 0.3) is 0 Å². The van der Waals surface area contributed by atoms with Crippen LogP contribution in [0, 0.1) is 6.92 Å². The lowest BCUT2D eigenvalue weighted by atomic mass is 9.94. The van der Waals surface area contributed by atoms with Crippen molar-refractivity contribution in [2.75, 3.05) is 19.8 Å². The van der Waals surface area contributed by atoms with E-state index in [1.807, 2.05) is 19.1 Å². The first-order valence-electron chi connectivity index (χ1n) is 5.66. The van der Waals surface area contributed by atoms with Gasteiger partial charge < -0.3 is 15.3 Å². The summed E-state index contributed by atoms with van der Waals surface area (Å²) in [7, 11) is 0. The highest BCUT2D eigenvalue weighted by atomic mass is 16.3. The van der Waals surface area contributed by atoms with Crippen LogP contribution in [-0.4, -0.2) is 35.1 Å². The molecule has 3 N–H and O–H groups in total. The average Bonchev–Trinajstić information content (AvgIpc) is 2.26. The molecule has 0 radical (unpaired) electrons. The average molecular weight is 224 g/mol. The second kappa shape index (κ2) is 6.63. The van der Waals surface area contributed by atoms with Gasteiger partial charge in [0.1, 0.15) is 0 Å². The Balaban J connectivity index is 3.05. The van der Waals surface area contributed by atoms with E-state index in [-0.39, 0.29) is 19.8 Å². The number of hydrogen-bond acceptors (Lipinski definition) is 3. The third kappa shape index (κ3) is 3.30. The molecular weight excluding hydrogens is 204 g/mol. The van der Waals surface area contributed by atoms with Crippen molar-refractivity contribution >= 4 is 0 Å². The smallest absolute Gasteiger partial charge is 0.0471 e. The van der Waals surface area contributed by atoms with E-state index in [2.05, 4.69) is 0 Å². The quantitative estimate of drug-likeness (QED) is 0.663. The molecule has 0 amide bonds. The Bertz CT molecular complexity index is 307. The summed E-state index contributed by atoms with van der Waals surface area (Å²) in [5, 5.41) is 26.9. The van der Waals surface area contributed by atoms with Gasteiger partial charge in [0, 0.05) is 19.8 Å². The zero-order valence-electron chi connectivity index (χ0n) is 9.74. The van der Waals surface area contributed by atoms with E-state index in [0.29, 0.717) is 19.3 Å². The van der Waals surface area contributed by atoms with Gasteiger partial charge in [-0.15, -0.1) is 0 Å². The maximum Gasteiger partial charge on any atom is 0.0471 e. The fourth-order valence-electron chi connectivity index (χ4n) is 1.95. The number of rotatable bonds is 6. The fourth-order valence-corrected chi connectivity index (χ4v) is 1.95. The first-order valence-corrected chi connectivity index (χ1v) is 5.66. The molecule has 0 saturated heterocycles. The molecule has 0 unspecified atom stereocenters. The third-order valence-corrected chi connectivity index (χ3v) is 2.85. The molecule has 3 nitrogen and oxygen atoms in total. The lowest BCUT2D eigenvalue weighted by Crippen LogP contribution is -2.04. The summed E-state index contributed by atoms with van der Waals surface area (Å²) in [6.07, 6.45) is 1.88. The van der Waals surface area contributed by atoms with Crippen molar-refractivity contribution < 1.29 is 15.3 Å². The molecule has 0 aromatic heterocycles. The van der Waals surface area contributed by atoms with Gasteiger partial charge >= 0.3 is 0 Å². The number of aliphatic hydroxyl groups excluding tert-OH is 3. The van der Waals surface area contributed by atoms with Crippen molar-refractivity contribution in [2.24, 2.45) is 0 Å². The van der Waals surface area contributed by atoms with Crippen LogP contribution in [0.15, 0.2) is 12.1 Å². The van der Waals surface area contributed by atoms with Crippen molar-refractivity contribution in [3.05, 3.63) is 34.4 Å². The van der Waals surface area contributed by atoms with Crippen molar-refractivity contribution in [3.63, 3.8) is 0 Å². The molecule has 0 aliphatic carbocycles. The van der Waals surface area contributed by atoms with Gasteiger partial charge in [-0.05, 0) is 48.4 Å². The zero-order chi connectivity index (χ0) is 12.0. The monoisotopic (exact) mass is 224 g/mol. The lowest BCUT2D eigenvalue weighted by molar-refractivity contribution is 0.296. The van der Waals surface area contributed by atoms with Crippen LogP contribution in [0.5, 0.6) is 0 Å². The van der Waals surface area contributed by atoms with Crippen LogP contribution in [0.3, 0.4) is 0 Å². The molecule has 16 heavy (non-hydrogen) atoms. The fraction of sp³-hybridized carbons (Fsp3) is 0.538. The van der Waals surface area contributed by atoms with Crippen molar-refractivity contribution in [1.82, 2.24) is 0 Å². The van der Waals surface area contributed by atoms with Crippen LogP contribution in [-0.2, 0) is 19.3 Å². The van der Waals surface area contributed by atoms with E-state index in [1.165, 1.54) is 0 Å². The molecule has 0 bridgehead atoms. The van der Waals surface area contributed by atoms with Crippen LogP contribution in [0.2, 0.25) is 0 Å². The summed E-state index contributed by atoms with van der Waals surface area (Å²) < 4.78 is 0. The Morgan fingerprint density at radius 3 is 1.62 bits per heavy atom. The molecule has 1 aromatic rings. The van der Waals surface area contributed by atoms with Gasteiger partial charge in [-0.3, -0.25) is 0 Å². The lowest BCUT2D eigenvalue weighted by Gasteiger charge is -2.13. The molecule has 0 aliphatic heterocycles. The largest absolute Gasteiger partial charge is 0.396 e. The maximum atomic E-state index is 8.99. The van der Waals surface area contributed by atoms with Gasteiger partial charge in [0.15, 0.2) is 0 Å². The Morgan fingerprint density at radius 2 is 1.25 bits per heavy atom. The van der Waals surface area contributed by atoms with E-state index < -0.39 is 0 Å². The predicted molar refractivity (Wildman–Crippen MR) is 63.5 cm³/mol. The second-order valence-electron chi connectivity index (χ2n) is 3.96. The predicted octanol–water partition coefficient (Wildman–Crippen LogP) is 0.599. The highest BCUT2D eigenvalue weighted by molar-refractivity contribution is 5.39. The van der Waals surface area contributed by atoms with Gasteiger partial charge in [0.05, 0.1) is 0 Å². The molecule has 0 atom stereocenters. The van der Waals surface area contributed by atoms with Crippen LogP contribution in [0.1, 0.15) is 22.3 Å². The minimum Gasteiger partial charge on any atom is -0.396 e. The number of aliphatic hydroxyl groups is 3. The minimum atomic E-state index is 0.125. The molecule has 1 rings (SSSR count). The molecule has 1 aromatic carbocycles. The minimum absolute atomic E-state index is 0.125. The Hall–Kier alpha value is -0.900. The molecule has 0 saturated carbocycles. The molecule has 90 valence electrons. The van der Waals surface area contributed by atoms with Crippen molar-refractivity contribution in [1.29, 1.82) is 0 Å². The SMILES string of the molecule is Cc1c(CCO)cc(CCO)cc1CCO. The first kappa shape index (κ1) is 13.2. The van der Waals surface area contributed by atoms with Crippen molar-refractivity contribution in [2.45, 2.75) is 26.2 Å². The second-order valence-corrected chi connectivity index (χ2v) is 3.96. The van der Waals surface area contributed by atoms with Crippen LogP contribution in [0.25, 0.3) is 0 Å². The summed E-state index contributed by atoms with van der Waals surface area (Å²) in [5.41, 5.74) is 4.43. The third-order valence-electron chi connectivity index (χ3n) is 2.85. The summed E-state index contributed by atoms with van der Waals surface area (Å²) >= 11 is 0. The standard InChI is InChI=1S/C13H20O3/c1-10-12(3-6-15)8-11(2-5-14)9-13(10)4-7-16/h8-9,14-16H,2-7H2,1H3. The first-order chi connectivity index (χ1) is 7.72. The normalized spacial score (nSPS) is 10.8. The highest BCUT2D eigenvalue weighted by Gasteiger charge is 2.06. The summed E-state index contributed by atoms with van der Waals surface area (Å²) in [6, 6.07) is 4.06. The van der Waals surface area contributed by atoms with Crippen LogP contribution < -0.4 is 0 Å². The summed E-state index contributed by atoms with van der Waals surface area (Å²) in [4.78, 5) is 0. The van der Waals surface area contributed by atoms with E-state index in [1.54, 1.807) is 0 Å². The maximum absolute atomic E-state index is 8.99. The van der Waals surface area contributed by atoms with Crippen molar-refractivity contribution in [3.8, 4) is 0 Å². The Kier molecular flexibility index (Phi) is 5.46. The topological polar surface area (TPSA) is 60.7 Å². The van der Waals surface area contributed by atoms with Gasteiger partial charge in [0.2, 0.25) is 0 Å². The number of hydrogen-bond donors (Lipinski definition) is 3. The van der Waals surface area contributed by atoms with E-state index in [9.17, 15) is 0 Å². The zero-order valence-corrected chi connectivity index (χ0v) is 9.74. The van der Waals surface area contributed by atoms with E-state index in [0.717, 1.165) is 22.3 Å². The van der Waals surface area contributed by atoms with Gasteiger partial charge in [-0.25, -0.2) is 0 Å². The highest BCUT2D eigenvalue weighted by Crippen LogP contribution is 2.18. The molecule has 0 aliphatic rings. The Morgan fingerprint density at radius 1 is 0.812 bits per heavy atom. The molecular formula is C13H20O3. The van der Waals surface area contributed by atoms with E-state index >= 15 is 0 Å². The molecule has 0 spiro atoms.